The van der Waals surface area contributed by atoms with E-state index in [1.54, 1.807) is 7.11 Å². The smallest absolute Gasteiger partial charge is 0.347 e. The van der Waals surface area contributed by atoms with Crippen molar-refractivity contribution in [2.45, 2.75) is 12.8 Å². The van der Waals surface area contributed by atoms with E-state index in [0.29, 0.717) is 6.61 Å². The molecule has 1 aliphatic rings. The predicted molar refractivity (Wildman–Crippen MR) is 111 cm³/mol. The summed E-state index contributed by atoms with van der Waals surface area (Å²) < 4.78 is 13.1. The van der Waals surface area contributed by atoms with Crippen molar-refractivity contribution in [2.75, 3.05) is 51.3 Å². The minimum Gasteiger partial charge on any atom is -0.495 e. The molecule has 9 heteroatoms. The molecular weight excluding hydrogens is 374 g/mol. The summed E-state index contributed by atoms with van der Waals surface area (Å²) >= 11 is 0. The number of aromatic nitrogens is 3. The van der Waals surface area contributed by atoms with Gasteiger partial charge >= 0.3 is 11.2 Å². The predicted octanol–water partition coefficient (Wildman–Crippen LogP) is 0.469. The van der Waals surface area contributed by atoms with Crippen molar-refractivity contribution in [1.29, 1.82) is 0 Å². The van der Waals surface area contributed by atoms with Crippen LogP contribution >= 0.6 is 0 Å². The van der Waals surface area contributed by atoms with Crippen molar-refractivity contribution in [3.63, 3.8) is 0 Å². The van der Waals surface area contributed by atoms with Crippen LogP contribution in [0.1, 0.15) is 12.8 Å². The molecule has 1 aromatic heterocycles. The maximum atomic E-state index is 12.0. The van der Waals surface area contributed by atoms with Crippen molar-refractivity contribution in [3.05, 3.63) is 45.1 Å². The van der Waals surface area contributed by atoms with Crippen molar-refractivity contribution < 1.29 is 9.47 Å². The maximum Gasteiger partial charge on any atom is 0.347 e. The quantitative estimate of drug-likeness (QED) is 0.593. The van der Waals surface area contributed by atoms with E-state index in [9.17, 15) is 9.59 Å². The lowest BCUT2D eigenvalue weighted by Gasteiger charge is -2.36. The molecule has 0 bridgehead atoms. The fourth-order valence-electron chi connectivity index (χ4n) is 3.47. The summed E-state index contributed by atoms with van der Waals surface area (Å²) in [6.45, 7) is 5.33. The topological polar surface area (TPSA) is 81.8 Å². The van der Waals surface area contributed by atoms with Gasteiger partial charge in [-0.05, 0) is 31.5 Å². The molecular formula is C20H29N5O4. The largest absolute Gasteiger partial charge is 0.495 e. The number of rotatable bonds is 8. The number of piperazine rings is 1. The third-order valence-electron chi connectivity index (χ3n) is 5.20. The molecule has 0 aliphatic carbocycles. The van der Waals surface area contributed by atoms with Gasteiger partial charge in [0.15, 0.2) is 0 Å². The summed E-state index contributed by atoms with van der Waals surface area (Å²) in [5, 5.41) is 3.89. The Morgan fingerprint density at radius 3 is 2.48 bits per heavy atom. The van der Waals surface area contributed by atoms with Gasteiger partial charge in [0.25, 0.3) is 5.88 Å². The van der Waals surface area contributed by atoms with Gasteiger partial charge in [-0.15, -0.1) is 5.10 Å². The fraction of sp³-hybridized carbons (Fsp3) is 0.550. The molecule has 0 amide bonds. The summed E-state index contributed by atoms with van der Waals surface area (Å²) in [6, 6.07) is 8.12. The van der Waals surface area contributed by atoms with E-state index in [1.807, 2.05) is 18.2 Å². The second kappa shape index (κ2) is 9.60. The zero-order valence-corrected chi connectivity index (χ0v) is 17.3. The molecule has 0 atom stereocenters. The Balaban J connectivity index is 1.40. The molecule has 2 heterocycles. The van der Waals surface area contributed by atoms with E-state index in [-0.39, 0.29) is 5.88 Å². The van der Waals surface area contributed by atoms with Crippen LogP contribution in [0.15, 0.2) is 33.9 Å². The highest BCUT2D eigenvalue weighted by molar-refractivity contribution is 5.58. The first-order valence-corrected chi connectivity index (χ1v) is 9.88. The molecule has 0 spiro atoms. The van der Waals surface area contributed by atoms with Crippen LogP contribution in [0, 0.1) is 0 Å². The highest BCUT2D eigenvalue weighted by Gasteiger charge is 2.19. The van der Waals surface area contributed by atoms with Gasteiger partial charge in [-0.2, -0.15) is 0 Å². The van der Waals surface area contributed by atoms with Crippen molar-refractivity contribution >= 4 is 5.69 Å². The van der Waals surface area contributed by atoms with Crippen LogP contribution in [-0.4, -0.2) is 65.7 Å². The van der Waals surface area contributed by atoms with Crippen molar-refractivity contribution in [2.24, 2.45) is 14.1 Å². The highest BCUT2D eigenvalue weighted by Crippen LogP contribution is 2.28. The van der Waals surface area contributed by atoms with Crippen LogP contribution in [0.4, 0.5) is 5.69 Å². The second-order valence-electron chi connectivity index (χ2n) is 7.13. The van der Waals surface area contributed by atoms with E-state index < -0.39 is 11.2 Å². The van der Waals surface area contributed by atoms with Gasteiger partial charge < -0.3 is 14.4 Å². The highest BCUT2D eigenvalue weighted by atomic mass is 16.5. The first-order chi connectivity index (χ1) is 14.0. The van der Waals surface area contributed by atoms with Gasteiger partial charge in [-0.3, -0.25) is 14.3 Å². The number of benzene rings is 1. The summed E-state index contributed by atoms with van der Waals surface area (Å²) in [5.41, 5.74) is 0.185. The Morgan fingerprint density at radius 2 is 1.76 bits per heavy atom. The average Bonchev–Trinajstić information content (AvgIpc) is 2.75. The van der Waals surface area contributed by atoms with Crippen LogP contribution in [0.25, 0.3) is 0 Å². The van der Waals surface area contributed by atoms with E-state index in [2.05, 4.69) is 21.0 Å². The van der Waals surface area contributed by atoms with Crippen LogP contribution in [-0.2, 0) is 14.1 Å². The van der Waals surface area contributed by atoms with Crippen LogP contribution in [0.3, 0.4) is 0 Å². The summed E-state index contributed by atoms with van der Waals surface area (Å²) in [4.78, 5) is 28.4. The molecule has 1 saturated heterocycles. The Kier molecular flexibility index (Phi) is 6.92. The first-order valence-electron chi connectivity index (χ1n) is 9.88. The molecule has 0 saturated carbocycles. The number of ether oxygens (including phenoxy) is 2. The van der Waals surface area contributed by atoms with Gasteiger partial charge in [0.2, 0.25) is 0 Å². The van der Waals surface area contributed by atoms with Gasteiger partial charge in [0.05, 0.1) is 19.4 Å². The minimum absolute atomic E-state index is 0.0278. The Morgan fingerprint density at radius 1 is 1.03 bits per heavy atom. The summed E-state index contributed by atoms with van der Waals surface area (Å²) in [5.74, 6) is 0.885. The second-order valence-corrected chi connectivity index (χ2v) is 7.13. The maximum absolute atomic E-state index is 12.0. The van der Waals surface area contributed by atoms with E-state index in [1.165, 1.54) is 14.1 Å². The third-order valence-corrected chi connectivity index (χ3v) is 5.20. The van der Waals surface area contributed by atoms with E-state index in [4.69, 9.17) is 9.47 Å². The molecule has 1 fully saturated rings. The molecule has 9 nitrogen and oxygen atoms in total. The standard InChI is InChI=1S/C20H29N5O4/c1-22-19(26)18(21-23(2)20(22)27)29-15-7-6-10-24-11-13-25(14-12-24)16-8-4-5-9-17(16)28-3/h4-5,8-9H,6-7,10-15H2,1-3H3. The first kappa shape index (κ1) is 20.9. The van der Waals surface area contributed by atoms with Crippen molar-refractivity contribution in [3.8, 4) is 11.6 Å². The molecule has 3 rings (SSSR count). The Labute approximate surface area is 170 Å². The normalized spacial score (nSPS) is 14.8. The SMILES string of the molecule is COc1ccccc1N1CCN(CCCCOc2nn(C)c(=O)n(C)c2=O)CC1. The number of hydrogen-bond acceptors (Lipinski definition) is 7. The lowest BCUT2D eigenvalue weighted by molar-refractivity contribution is 0.232. The molecule has 29 heavy (non-hydrogen) atoms. The lowest BCUT2D eigenvalue weighted by Crippen LogP contribution is -2.46. The number of hydrogen-bond donors (Lipinski definition) is 0. The summed E-state index contributed by atoms with van der Waals surface area (Å²) in [6.07, 6.45) is 1.79. The number of unbranched alkanes of at least 4 members (excludes halogenated alkanes) is 1. The molecule has 0 radical (unpaired) electrons. The molecule has 1 aromatic carbocycles. The van der Waals surface area contributed by atoms with Crippen LogP contribution in [0.2, 0.25) is 0 Å². The van der Waals surface area contributed by atoms with E-state index >= 15 is 0 Å². The lowest BCUT2D eigenvalue weighted by atomic mass is 10.2. The Hall–Kier alpha value is -2.81. The van der Waals surface area contributed by atoms with Crippen molar-refractivity contribution in [1.82, 2.24) is 19.2 Å². The van der Waals surface area contributed by atoms with Gasteiger partial charge in [0.1, 0.15) is 5.75 Å². The van der Waals surface area contributed by atoms with Crippen LogP contribution in [0.5, 0.6) is 11.6 Å². The number of methoxy groups -OCH3 is 1. The number of anilines is 1. The molecule has 0 N–H and O–H groups in total. The monoisotopic (exact) mass is 403 g/mol. The fourth-order valence-corrected chi connectivity index (χ4v) is 3.47. The Bertz CT molecular complexity index is 931. The molecule has 0 unspecified atom stereocenters. The van der Waals surface area contributed by atoms with Gasteiger partial charge in [0, 0.05) is 40.3 Å². The zero-order chi connectivity index (χ0) is 20.8. The molecule has 2 aromatic rings. The summed E-state index contributed by atoms with van der Waals surface area (Å²) in [7, 11) is 4.63. The van der Waals surface area contributed by atoms with Gasteiger partial charge in [-0.1, -0.05) is 12.1 Å². The number of para-hydroxylation sites is 2. The average molecular weight is 403 g/mol. The van der Waals surface area contributed by atoms with Gasteiger partial charge in [-0.25, -0.2) is 9.48 Å². The number of aryl methyl sites for hydroxylation is 1. The third kappa shape index (κ3) is 4.97. The zero-order valence-electron chi connectivity index (χ0n) is 17.3. The molecule has 1 aliphatic heterocycles. The van der Waals surface area contributed by atoms with E-state index in [0.717, 1.165) is 66.3 Å². The minimum atomic E-state index is -0.499. The van der Waals surface area contributed by atoms with Crippen LogP contribution < -0.4 is 25.6 Å². The molecule has 158 valence electrons. The number of nitrogens with zero attached hydrogens (tertiary/aromatic N) is 5.